The number of carbonyl (C=O) groups excluding carboxylic acids is 1. The van der Waals surface area contributed by atoms with Crippen molar-refractivity contribution in [2.75, 3.05) is 13.2 Å². The summed E-state index contributed by atoms with van der Waals surface area (Å²) in [4.78, 5) is 15.5. The largest absolute Gasteiger partial charge is 0.493 e. The molecule has 0 radical (unpaired) electrons. The van der Waals surface area contributed by atoms with Crippen LogP contribution in [-0.4, -0.2) is 24.0 Å². The summed E-state index contributed by atoms with van der Waals surface area (Å²) in [5.74, 6) is 1.21. The van der Waals surface area contributed by atoms with Crippen molar-refractivity contribution in [2.24, 2.45) is 5.92 Å². The molecule has 3 aromatic rings. The number of rotatable bonds is 7. The number of aromatic nitrogens is 1. The molecule has 0 fully saturated rings. The molecule has 0 saturated heterocycles. The predicted molar refractivity (Wildman–Crippen MR) is 101 cm³/mol. The minimum absolute atomic E-state index is 0.0600. The van der Waals surface area contributed by atoms with Gasteiger partial charge in [0.1, 0.15) is 5.75 Å². The summed E-state index contributed by atoms with van der Waals surface area (Å²) in [5, 5.41) is 4.19. The van der Waals surface area contributed by atoms with Crippen molar-refractivity contribution in [3.05, 3.63) is 65.9 Å². The second-order valence-corrected chi connectivity index (χ2v) is 6.59. The van der Waals surface area contributed by atoms with E-state index in [0.717, 1.165) is 17.7 Å². The second-order valence-electron chi connectivity index (χ2n) is 6.59. The standard InChI is InChI=1S/C21H24N2O2/c1-15(2)14-25-18-9-7-16(8-10-18)21(24)22-12-11-17-13-23-20-6-4-3-5-19(17)20/h3-10,13,15,23H,11-12,14H2,1-2H3,(H,22,24). The lowest BCUT2D eigenvalue weighted by atomic mass is 10.1. The maximum atomic E-state index is 12.3. The number of para-hydroxylation sites is 1. The van der Waals surface area contributed by atoms with E-state index in [2.05, 4.69) is 36.3 Å². The molecule has 0 unspecified atom stereocenters. The highest BCUT2D eigenvalue weighted by atomic mass is 16.5. The third-order valence-corrected chi connectivity index (χ3v) is 4.05. The molecule has 1 aromatic heterocycles. The van der Waals surface area contributed by atoms with Gasteiger partial charge >= 0.3 is 0 Å². The van der Waals surface area contributed by atoms with Crippen LogP contribution in [0.3, 0.4) is 0 Å². The first-order chi connectivity index (χ1) is 12.1. The third-order valence-electron chi connectivity index (χ3n) is 4.05. The molecule has 3 rings (SSSR count). The number of hydrogen-bond acceptors (Lipinski definition) is 2. The molecule has 0 aliphatic heterocycles. The molecule has 1 amide bonds. The van der Waals surface area contributed by atoms with Crippen molar-refractivity contribution in [1.82, 2.24) is 10.3 Å². The normalized spacial score (nSPS) is 11.0. The van der Waals surface area contributed by atoms with Gasteiger partial charge in [-0.25, -0.2) is 0 Å². The summed E-state index contributed by atoms with van der Waals surface area (Å²) in [6.07, 6.45) is 2.81. The van der Waals surface area contributed by atoms with E-state index >= 15 is 0 Å². The Morgan fingerprint density at radius 1 is 1.12 bits per heavy atom. The van der Waals surface area contributed by atoms with Gasteiger partial charge in [-0.05, 0) is 48.2 Å². The van der Waals surface area contributed by atoms with Gasteiger partial charge in [0.25, 0.3) is 5.91 Å². The average molecular weight is 336 g/mol. The van der Waals surface area contributed by atoms with E-state index in [-0.39, 0.29) is 5.91 Å². The molecule has 1 heterocycles. The van der Waals surface area contributed by atoms with Gasteiger partial charge < -0.3 is 15.0 Å². The van der Waals surface area contributed by atoms with Crippen LogP contribution in [0.2, 0.25) is 0 Å². The van der Waals surface area contributed by atoms with Gasteiger partial charge in [-0.1, -0.05) is 32.0 Å². The van der Waals surface area contributed by atoms with Gasteiger partial charge in [0.15, 0.2) is 0 Å². The first-order valence-electron chi connectivity index (χ1n) is 8.69. The van der Waals surface area contributed by atoms with Crippen molar-refractivity contribution in [2.45, 2.75) is 20.3 Å². The van der Waals surface area contributed by atoms with E-state index in [0.29, 0.717) is 24.6 Å². The van der Waals surface area contributed by atoms with Gasteiger partial charge in [0.2, 0.25) is 0 Å². The van der Waals surface area contributed by atoms with Crippen LogP contribution in [0.4, 0.5) is 0 Å². The summed E-state index contributed by atoms with van der Waals surface area (Å²) in [5.41, 5.74) is 2.99. The number of ether oxygens (including phenoxy) is 1. The Kier molecular flexibility index (Phi) is 5.39. The lowest BCUT2D eigenvalue weighted by Gasteiger charge is -2.09. The van der Waals surface area contributed by atoms with E-state index in [1.54, 1.807) is 12.1 Å². The third kappa shape index (κ3) is 4.41. The Morgan fingerprint density at radius 3 is 2.64 bits per heavy atom. The lowest BCUT2D eigenvalue weighted by molar-refractivity contribution is 0.0954. The van der Waals surface area contributed by atoms with Crippen LogP contribution >= 0.6 is 0 Å². The van der Waals surface area contributed by atoms with E-state index in [1.165, 1.54) is 10.9 Å². The van der Waals surface area contributed by atoms with Crippen molar-refractivity contribution < 1.29 is 9.53 Å². The topological polar surface area (TPSA) is 54.1 Å². The van der Waals surface area contributed by atoms with Crippen LogP contribution < -0.4 is 10.1 Å². The fraction of sp³-hybridized carbons (Fsp3) is 0.286. The molecule has 0 aliphatic carbocycles. The molecular weight excluding hydrogens is 312 g/mol. The van der Waals surface area contributed by atoms with Crippen LogP contribution in [-0.2, 0) is 6.42 Å². The Bertz CT molecular complexity index is 834. The first kappa shape index (κ1) is 17.1. The van der Waals surface area contributed by atoms with Gasteiger partial charge in [-0.2, -0.15) is 0 Å². The van der Waals surface area contributed by atoms with Crippen LogP contribution in [0.25, 0.3) is 10.9 Å². The van der Waals surface area contributed by atoms with E-state index < -0.39 is 0 Å². The Hall–Kier alpha value is -2.75. The van der Waals surface area contributed by atoms with E-state index in [9.17, 15) is 4.79 Å². The minimum Gasteiger partial charge on any atom is -0.493 e. The number of hydrogen-bond donors (Lipinski definition) is 2. The monoisotopic (exact) mass is 336 g/mol. The van der Waals surface area contributed by atoms with Gasteiger partial charge in [-0.3, -0.25) is 4.79 Å². The summed E-state index contributed by atoms with van der Waals surface area (Å²) >= 11 is 0. The summed E-state index contributed by atoms with van der Waals surface area (Å²) in [6, 6.07) is 15.5. The predicted octanol–water partition coefficient (Wildman–Crippen LogP) is 4.18. The van der Waals surface area contributed by atoms with E-state index in [1.807, 2.05) is 30.5 Å². The molecule has 25 heavy (non-hydrogen) atoms. The van der Waals surface area contributed by atoms with Crippen LogP contribution in [0.5, 0.6) is 5.75 Å². The molecule has 130 valence electrons. The zero-order valence-electron chi connectivity index (χ0n) is 14.7. The van der Waals surface area contributed by atoms with Gasteiger partial charge in [0.05, 0.1) is 6.61 Å². The Morgan fingerprint density at radius 2 is 1.88 bits per heavy atom. The zero-order valence-corrected chi connectivity index (χ0v) is 14.7. The molecule has 0 bridgehead atoms. The lowest BCUT2D eigenvalue weighted by Crippen LogP contribution is -2.25. The highest BCUT2D eigenvalue weighted by Crippen LogP contribution is 2.18. The number of carbonyl (C=O) groups is 1. The highest BCUT2D eigenvalue weighted by molar-refractivity contribution is 5.94. The number of H-pyrrole nitrogens is 1. The van der Waals surface area contributed by atoms with Crippen molar-refractivity contribution >= 4 is 16.8 Å². The summed E-state index contributed by atoms with van der Waals surface area (Å²) in [6.45, 7) is 5.49. The fourth-order valence-electron chi connectivity index (χ4n) is 2.72. The first-order valence-corrected chi connectivity index (χ1v) is 8.69. The number of aromatic amines is 1. The van der Waals surface area contributed by atoms with Crippen molar-refractivity contribution in [1.29, 1.82) is 0 Å². The number of fused-ring (bicyclic) bond motifs is 1. The quantitative estimate of drug-likeness (QED) is 0.680. The molecule has 0 saturated carbocycles. The molecule has 0 aliphatic rings. The smallest absolute Gasteiger partial charge is 0.251 e. The van der Waals surface area contributed by atoms with Crippen LogP contribution in [0, 0.1) is 5.92 Å². The number of amides is 1. The highest BCUT2D eigenvalue weighted by Gasteiger charge is 2.07. The molecule has 0 atom stereocenters. The Balaban J connectivity index is 1.52. The van der Waals surface area contributed by atoms with Gasteiger partial charge in [-0.15, -0.1) is 0 Å². The van der Waals surface area contributed by atoms with Crippen LogP contribution in [0.1, 0.15) is 29.8 Å². The minimum atomic E-state index is -0.0600. The second kappa shape index (κ2) is 7.88. The molecule has 2 N–H and O–H groups in total. The summed E-state index contributed by atoms with van der Waals surface area (Å²) < 4.78 is 5.64. The molecule has 4 nitrogen and oxygen atoms in total. The number of nitrogens with one attached hydrogen (secondary N) is 2. The maximum Gasteiger partial charge on any atom is 0.251 e. The van der Waals surface area contributed by atoms with Crippen molar-refractivity contribution in [3.63, 3.8) is 0 Å². The molecular formula is C21H24N2O2. The zero-order chi connectivity index (χ0) is 17.6. The maximum absolute atomic E-state index is 12.3. The molecule has 4 heteroatoms. The summed E-state index contributed by atoms with van der Waals surface area (Å²) in [7, 11) is 0. The van der Waals surface area contributed by atoms with E-state index in [4.69, 9.17) is 4.74 Å². The fourth-order valence-corrected chi connectivity index (χ4v) is 2.72. The molecule has 0 spiro atoms. The Labute approximate surface area is 148 Å². The van der Waals surface area contributed by atoms with Crippen LogP contribution in [0.15, 0.2) is 54.7 Å². The molecule has 2 aromatic carbocycles. The van der Waals surface area contributed by atoms with Gasteiger partial charge in [0, 0.05) is 29.2 Å². The number of benzene rings is 2. The van der Waals surface area contributed by atoms with Crippen molar-refractivity contribution in [3.8, 4) is 5.75 Å². The average Bonchev–Trinajstić information content (AvgIpc) is 3.03. The SMILES string of the molecule is CC(C)COc1ccc(C(=O)NCCc2c[nH]c3ccccc23)cc1.